The van der Waals surface area contributed by atoms with E-state index >= 15 is 0 Å². The van der Waals surface area contributed by atoms with E-state index in [0.717, 1.165) is 17.7 Å². The molecule has 1 amide bonds. The van der Waals surface area contributed by atoms with E-state index in [-0.39, 0.29) is 5.56 Å². The zero-order valence-corrected chi connectivity index (χ0v) is 11.7. The van der Waals surface area contributed by atoms with Crippen molar-refractivity contribution in [3.05, 3.63) is 65.2 Å². The molecule has 108 valence electrons. The summed E-state index contributed by atoms with van der Waals surface area (Å²) < 4.78 is 25.9. The van der Waals surface area contributed by atoms with Gasteiger partial charge >= 0.3 is 0 Å². The van der Waals surface area contributed by atoms with E-state index in [4.69, 9.17) is 18.0 Å². The second kappa shape index (κ2) is 6.41. The van der Waals surface area contributed by atoms with Crippen molar-refractivity contribution >= 4 is 28.8 Å². The molecule has 0 bridgehead atoms. The first kappa shape index (κ1) is 15.1. The van der Waals surface area contributed by atoms with E-state index in [2.05, 4.69) is 5.32 Å². The molecule has 0 saturated carbocycles. The highest BCUT2D eigenvalue weighted by Gasteiger charge is 2.10. The van der Waals surface area contributed by atoms with Crippen molar-refractivity contribution in [2.45, 2.75) is 6.42 Å². The number of benzene rings is 2. The van der Waals surface area contributed by atoms with Crippen LogP contribution in [0.25, 0.3) is 0 Å². The molecular weight excluding hydrogens is 294 g/mol. The van der Waals surface area contributed by atoms with Gasteiger partial charge in [-0.25, -0.2) is 8.78 Å². The standard InChI is InChI=1S/C15H12F2N2OS/c16-12-6-3-10(8-13(12)17)15(20)19-11-4-1-9(2-5-11)7-14(18)21/h1-6,8H,7H2,(H2,18,21)(H,19,20). The van der Waals surface area contributed by atoms with E-state index in [1.165, 1.54) is 6.07 Å². The minimum atomic E-state index is -1.06. The lowest BCUT2D eigenvalue weighted by molar-refractivity contribution is 0.102. The van der Waals surface area contributed by atoms with Crippen LogP contribution in [0.1, 0.15) is 15.9 Å². The molecular formula is C15H12F2N2OS. The van der Waals surface area contributed by atoms with Gasteiger partial charge in [-0.3, -0.25) is 4.79 Å². The molecule has 3 N–H and O–H groups in total. The molecule has 6 heteroatoms. The van der Waals surface area contributed by atoms with Gasteiger partial charge in [0.2, 0.25) is 0 Å². The number of anilines is 1. The van der Waals surface area contributed by atoms with Gasteiger partial charge in [-0.05, 0) is 35.9 Å². The Labute approximate surface area is 125 Å². The molecule has 0 aliphatic heterocycles. The van der Waals surface area contributed by atoms with Crippen LogP contribution in [0.4, 0.5) is 14.5 Å². The fourth-order valence-corrected chi connectivity index (χ4v) is 1.91. The van der Waals surface area contributed by atoms with Crippen LogP contribution in [0.15, 0.2) is 42.5 Å². The number of rotatable bonds is 4. The summed E-state index contributed by atoms with van der Waals surface area (Å²) in [6.07, 6.45) is 0.479. The first-order chi connectivity index (χ1) is 9.95. The third-order valence-corrected chi connectivity index (χ3v) is 2.92. The van der Waals surface area contributed by atoms with E-state index in [1.807, 2.05) is 0 Å². The molecule has 0 aromatic heterocycles. The highest BCUT2D eigenvalue weighted by molar-refractivity contribution is 7.80. The molecule has 0 atom stereocenters. The predicted molar refractivity (Wildman–Crippen MR) is 81.2 cm³/mol. The summed E-state index contributed by atoms with van der Waals surface area (Å²) in [4.78, 5) is 12.3. The smallest absolute Gasteiger partial charge is 0.255 e. The minimum absolute atomic E-state index is 0.0427. The average molecular weight is 306 g/mol. The quantitative estimate of drug-likeness (QED) is 0.854. The van der Waals surface area contributed by atoms with Gasteiger partial charge in [0.1, 0.15) is 0 Å². The Morgan fingerprint density at radius 1 is 1.10 bits per heavy atom. The molecule has 3 nitrogen and oxygen atoms in total. The summed E-state index contributed by atoms with van der Waals surface area (Å²) in [5.41, 5.74) is 6.95. The van der Waals surface area contributed by atoms with Crippen LogP contribution in [0.5, 0.6) is 0 Å². The molecule has 0 saturated heterocycles. The molecule has 0 radical (unpaired) electrons. The molecule has 0 unspecified atom stereocenters. The lowest BCUT2D eigenvalue weighted by Crippen LogP contribution is -2.13. The number of nitrogens with two attached hydrogens (primary N) is 1. The second-order valence-electron chi connectivity index (χ2n) is 4.42. The Balaban J connectivity index is 2.08. The molecule has 2 rings (SSSR count). The summed E-state index contributed by atoms with van der Waals surface area (Å²) in [7, 11) is 0. The van der Waals surface area contributed by atoms with Crippen molar-refractivity contribution in [2.24, 2.45) is 5.73 Å². The number of nitrogens with one attached hydrogen (secondary N) is 1. The Bertz CT molecular complexity index is 687. The number of hydrogen-bond donors (Lipinski definition) is 2. The van der Waals surface area contributed by atoms with Crippen molar-refractivity contribution in [1.29, 1.82) is 0 Å². The molecule has 2 aromatic rings. The molecule has 0 fully saturated rings. The number of halogens is 2. The van der Waals surface area contributed by atoms with Gasteiger partial charge in [0, 0.05) is 17.7 Å². The normalized spacial score (nSPS) is 10.2. The lowest BCUT2D eigenvalue weighted by Gasteiger charge is -2.07. The maximum absolute atomic E-state index is 13.1. The summed E-state index contributed by atoms with van der Waals surface area (Å²) >= 11 is 4.81. The maximum Gasteiger partial charge on any atom is 0.255 e. The van der Waals surface area contributed by atoms with Gasteiger partial charge in [0.05, 0.1) is 4.99 Å². The van der Waals surface area contributed by atoms with Gasteiger partial charge in [0.25, 0.3) is 5.91 Å². The van der Waals surface area contributed by atoms with Crippen LogP contribution >= 0.6 is 12.2 Å². The van der Waals surface area contributed by atoms with Crippen LogP contribution in [0.2, 0.25) is 0 Å². The number of hydrogen-bond acceptors (Lipinski definition) is 2. The molecule has 21 heavy (non-hydrogen) atoms. The summed E-state index contributed by atoms with van der Waals surface area (Å²) in [6, 6.07) is 9.91. The summed E-state index contributed by atoms with van der Waals surface area (Å²) in [5, 5.41) is 2.59. The van der Waals surface area contributed by atoms with Crippen LogP contribution < -0.4 is 11.1 Å². The number of carbonyl (C=O) groups excluding carboxylic acids is 1. The third kappa shape index (κ3) is 4.06. The van der Waals surface area contributed by atoms with Crippen LogP contribution in [0.3, 0.4) is 0 Å². The van der Waals surface area contributed by atoms with E-state index < -0.39 is 17.5 Å². The molecule has 0 aliphatic carbocycles. The largest absolute Gasteiger partial charge is 0.393 e. The van der Waals surface area contributed by atoms with Crippen LogP contribution in [-0.4, -0.2) is 10.9 Å². The zero-order chi connectivity index (χ0) is 15.4. The first-order valence-electron chi connectivity index (χ1n) is 6.09. The highest BCUT2D eigenvalue weighted by Crippen LogP contribution is 2.14. The second-order valence-corrected chi connectivity index (χ2v) is 4.95. The first-order valence-corrected chi connectivity index (χ1v) is 6.50. The molecule has 2 aromatic carbocycles. The Morgan fingerprint density at radius 2 is 1.76 bits per heavy atom. The van der Waals surface area contributed by atoms with Crippen molar-refractivity contribution in [2.75, 3.05) is 5.32 Å². The monoisotopic (exact) mass is 306 g/mol. The summed E-state index contributed by atoms with van der Waals surface area (Å²) in [6.45, 7) is 0. The predicted octanol–water partition coefficient (Wildman–Crippen LogP) is 3.05. The van der Waals surface area contributed by atoms with E-state index in [1.54, 1.807) is 24.3 Å². The lowest BCUT2D eigenvalue weighted by atomic mass is 10.1. The Kier molecular flexibility index (Phi) is 4.59. The van der Waals surface area contributed by atoms with Crippen molar-refractivity contribution in [3.63, 3.8) is 0 Å². The fourth-order valence-electron chi connectivity index (χ4n) is 1.75. The van der Waals surface area contributed by atoms with Gasteiger partial charge in [-0.2, -0.15) is 0 Å². The average Bonchev–Trinajstić information content (AvgIpc) is 2.43. The molecule has 0 heterocycles. The topological polar surface area (TPSA) is 55.1 Å². The third-order valence-electron chi connectivity index (χ3n) is 2.77. The minimum Gasteiger partial charge on any atom is -0.393 e. The Hall–Kier alpha value is -2.34. The van der Waals surface area contributed by atoms with E-state index in [9.17, 15) is 13.6 Å². The van der Waals surface area contributed by atoms with Gasteiger partial charge in [-0.15, -0.1) is 0 Å². The van der Waals surface area contributed by atoms with Crippen LogP contribution in [0, 0.1) is 11.6 Å². The van der Waals surface area contributed by atoms with Crippen molar-refractivity contribution < 1.29 is 13.6 Å². The molecule has 0 aliphatic rings. The number of carbonyl (C=O) groups is 1. The van der Waals surface area contributed by atoms with Gasteiger partial charge < -0.3 is 11.1 Å². The SMILES string of the molecule is NC(=S)Cc1ccc(NC(=O)c2ccc(F)c(F)c2)cc1. The van der Waals surface area contributed by atoms with Crippen molar-refractivity contribution in [3.8, 4) is 0 Å². The maximum atomic E-state index is 13.1. The summed E-state index contributed by atoms with van der Waals surface area (Å²) in [5.74, 6) is -2.57. The number of amides is 1. The highest BCUT2D eigenvalue weighted by atomic mass is 32.1. The Morgan fingerprint density at radius 3 is 2.33 bits per heavy atom. The number of thiocarbonyl (C=S) groups is 1. The molecule has 0 spiro atoms. The fraction of sp³-hybridized carbons (Fsp3) is 0.0667. The van der Waals surface area contributed by atoms with Gasteiger partial charge in [0.15, 0.2) is 11.6 Å². The van der Waals surface area contributed by atoms with E-state index in [0.29, 0.717) is 17.1 Å². The van der Waals surface area contributed by atoms with Crippen LogP contribution in [-0.2, 0) is 6.42 Å². The zero-order valence-electron chi connectivity index (χ0n) is 10.9. The van der Waals surface area contributed by atoms with Gasteiger partial charge in [-0.1, -0.05) is 24.4 Å². The van der Waals surface area contributed by atoms with Crippen molar-refractivity contribution in [1.82, 2.24) is 0 Å².